The Kier molecular flexibility index (Phi) is 4.83. The molecule has 3 nitrogen and oxygen atoms in total. The summed E-state index contributed by atoms with van der Waals surface area (Å²) in [5, 5.41) is 0. The van der Waals surface area contributed by atoms with Crippen molar-refractivity contribution < 1.29 is 14.2 Å². The third-order valence-corrected chi connectivity index (χ3v) is 7.14. The van der Waals surface area contributed by atoms with E-state index in [0.717, 1.165) is 36.4 Å². The molecule has 0 saturated heterocycles. The molecule has 0 heterocycles. The zero-order valence-electron chi connectivity index (χ0n) is 16.1. The second-order valence-electron chi connectivity index (χ2n) is 8.85. The molecule has 0 N–H and O–H groups in total. The van der Waals surface area contributed by atoms with E-state index in [9.17, 15) is 0 Å². The maximum absolute atomic E-state index is 6.36. The van der Waals surface area contributed by atoms with Gasteiger partial charge >= 0.3 is 0 Å². The van der Waals surface area contributed by atoms with Crippen molar-refractivity contribution in [2.45, 2.75) is 32.0 Å². The molecular weight excluding hydrogens is 336 g/mol. The van der Waals surface area contributed by atoms with E-state index < -0.39 is 0 Å². The van der Waals surface area contributed by atoms with Gasteiger partial charge in [-0.05, 0) is 73.3 Å². The van der Waals surface area contributed by atoms with E-state index >= 15 is 0 Å². The summed E-state index contributed by atoms with van der Waals surface area (Å²) in [6.07, 6.45) is 14.5. The predicted molar refractivity (Wildman–Crippen MR) is 105 cm³/mol. The third-order valence-electron chi connectivity index (χ3n) is 7.14. The molecule has 0 aliphatic heterocycles. The monoisotopic (exact) mass is 366 g/mol. The highest BCUT2D eigenvalue weighted by atomic mass is 16.7. The molecule has 2 fully saturated rings. The van der Waals surface area contributed by atoms with Crippen molar-refractivity contribution in [1.82, 2.24) is 0 Å². The van der Waals surface area contributed by atoms with E-state index in [0.29, 0.717) is 23.7 Å². The first-order chi connectivity index (χ1) is 13.3. The second kappa shape index (κ2) is 7.44. The molecule has 0 aromatic heterocycles. The maximum Gasteiger partial charge on any atom is 0.183 e. The number of hydrogen-bond acceptors (Lipinski definition) is 3. The molecule has 0 radical (unpaired) electrons. The van der Waals surface area contributed by atoms with Gasteiger partial charge in [0.05, 0.1) is 20.3 Å². The van der Waals surface area contributed by atoms with Crippen molar-refractivity contribution in [2.24, 2.45) is 35.5 Å². The quantitative estimate of drug-likeness (QED) is 0.470. The van der Waals surface area contributed by atoms with Gasteiger partial charge in [-0.15, -0.1) is 0 Å². The van der Waals surface area contributed by atoms with E-state index in [2.05, 4.69) is 36.4 Å². The largest absolute Gasteiger partial charge is 0.497 e. The molecule has 144 valence electrons. The van der Waals surface area contributed by atoms with Crippen LogP contribution in [0.4, 0.5) is 0 Å². The zero-order valence-corrected chi connectivity index (χ0v) is 16.1. The Bertz CT molecular complexity index is 669. The SMILES string of the molecule is COc1ccc(C(OC[C@@H]2C[C@H]3C=C[C@H]2C3)OC[C@H]2C[C@@H]3C=C[C@H]2C3)cc1. The molecule has 0 spiro atoms. The lowest BCUT2D eigenvalue weighted by Gasteiger charge is -2.26. The number of fused-ring (bicyclic) bond motifs is 4. The van der Waals surface area contributed by atoms with Gasteiger partial charge in [0, 0.05) is 5.56 Å². The molecule has 1 aromatic carbocycles. The molecule has 4 aliphatic rings. The fraction of sp³-hybridized carbons (Fsp3) is 0.583. The zero-order chi connectivity index (χ0) is 18.2. The lowest BCUT2D eigenvalue weighted by molar-refractivity contribution is -0.164. The van der Waals surface area contributed by atoms with E-state index in [1.54, 1.807) is 7.11 Å². The van der Waals surface area contributed by atoms with Crippen LogP contribution in [0.25, 0.3) is 0 Å². The fourth-order valence-corrected chi connectivity index (χ4v) is 5.60. The normalized spacial score (nSPS) is 36.6. The third kappa shape index (κ3) is 3.60. The van der Waals surface area contributed by atoms with Crippen molar-refractivity contribution in [3.8, 4) is 5.75 Å². The first-order valence-electron chi connectivity index (χ1n) is 10.5. The Morgan fingerprint density at radius 1 is 0.778 bits per heavy atom. The predicted octanol–water partition coefficient (Wildman–Crippen LogP) is 5.15. The van der Waals surface area contributed by atoms with E-state index in [1.807, 2.05) is 12.1 Å². The van der Waals surface area contributed by atoms with Gasteiger partial charge in [-0.25, -0.2) is 0 Å². The molecular formula is C24H30O3. The lowest BCUT2D eigenvalue weighted by Crippen LogP contribution is -2.21. The average Bonchev–Trinajstić information content (AvgIpc) is 3.49. The average molecular weight is 367 g/mol. The maximum atomic E-state index is 6.36. The highest BCUT2D eigenvalue weighted by Crippen LogP contribution is 2.45. The molecule has 1 aromatic rings. The lowest BCUT2D eigenvalue weighted by atomic mass is 9.94. The minimum absolute atomic E-state index is 0.276. The van der Waals surface area contributed by atoms with Crippen LogP contribution in [0.2, 0.25) is 0 Å². The summed E-state index contributed by atoms with van der Waals surface area (Å²) in [7, 11) is 1.70. The summed E-state index contributed by atoms with van der Waals surface area (Å²) < 4.78 is 18.0. The molecule has 2 saturated carbocycles. The summed E-state index contributed by atoms with van der Waals surface area (Å²) in [5.74, 6) is 5.15. The van der Waals surface area contributed by atoms with Gasteiger partial charge in [0.15, 0.2) is 6.29 Å². The van der Waals surface area contributed by atoms with Crippen LogP contribution in [0.15, 0.2) is 48.6 Å². The van der Waals surface area contributed by atoms with Crippen molar-refractivity contribution >= 4 is 0 Å². The van der Waals surface area contributed by atoms with Crippen molar-refractivity contribution in [3.05, 3.63) is 54.1 Å². The van der Waals surface area contributed by atoms with Crippen molar-refractivity contribution in [2.75, 3.05) is 20.3 Å². The van der Waals surface area contributed by atoms with Crippen molar-refractivity contribution in [1.29, 1.82) is 0 Å². The Hall–Kier alpha value is -1.58. The second-order valence-corrected chi connectivity index (χ2v) is 8.85. The van der Waals surface area contributed by atoms with Crippen LogP contribution in [0.1, 0.15) is 37.5 Å². The Balaban J connectivity index is 1.23. The highest BCUT2D eigenvalue weighted by Gasteiger charge is 2.37. The number of rotatable bonds is 8. The van der Waals surface area contributed by atoms with Gasteiger partial charge in [-0.3, -0.25) is 0 Å². The van der Waals surface area contributed by atoms with Gasteiger partial charge in [0.2, 0.25) is 0 Å². The summed E-state index contributed by atoms with van der Waals surface area (Å²) in [6.45, 7) is 1.58. The van der Waals surface area contributed by atoms with Crippen LogP contribution >= 0.6 is 0 Å². The van der Waals surface area contributed by atoms with Crippen LogP contribution < -0.4 is 4.74 Å². The minimum Gasteiger partial charge on any atom is -0.497 e. The Labute approximate surface area is 162 Å². The smallest absolute Gasteiger partial charge is 0.183 e. The van der Waals surface area contributed by atoms with Gasteiger partial charge in [-0.2, -0.15) is 0 Å². The Morgan fingerprint density at radius 3 is 1.74 bits per heavy atom. The first-order valence-corrected chi connectivity index (χ1v) is 10.5. The number of methoxy groups -OCH3 is 1. The van der Waals surface area contributed by atoms with E-state index in [-0.39, 0.29) is 6.29 Å². The Morgan fingerprint density at radius 2 is 1.33 bits per heavy atom. The summed E-state index contributed by atoms with van der Waals surface area (Å²) in [5.41, 5.74) is 1.09. The van der Waals surface area contributed by atoms with Crippen LogP contribution in [0.5, 0.6) is 5.75 Å². The van der Waals surface area contributed by atoms with Crippen molar-refractivity contribution in [3.63, 3.8) is 0 Å². The van der Waals surface area contributed by atoms with Crippen LogP contribution in [-0.4, -0.2) is 20.3 Å². The van der Waals surface area contributed by atoms with Gasteiger partial charge in [0.1, 0.15) is 5.75 Å². The number of benzene rings is 1. The van der Waals surface area contributed by atoms with Gasteiger partial charge in [0.25, 0.3) is 0 Å². The number of hydrogen-bond donors (Lipinski definition) is 0. The van der Waals surface area contributed by atoms with Gasteiger partial charge in [-0.1, -0.05) is 36.4 Å². The molecule has 27 heavy (non-hydrogen) atoms. The molecule has 1 unspecified atom stereocenters. The highest BCUT2D eigenvalue weighted by molar-refractivity contribution is 5.28. The first kappa shape index (κ1) is 17.5. The molecule has 5 rings (SSSR count). The number of ether oxygens (including phenoxy) is 3. The summed E-state index contributed by atoms with van der Waals surface area (Å²) in [6, 6.07) is 8.14. The van der Waals surface area contributed by atoms with E-state index in [4.69, 9.17) is 14.2 Å². The standard InChI is InChI=1S/C24H30O3/c1-25-23-8-6-18(7-9-23)24(26-14-21-12-16-2-4-19(21)10-16)27-15-22-13-17-3-5-20(22)11-17/h2-9,16-17,19-22,24H,10-15H2,1H3/t16-,17+,19-,20-,21-,22+,24?/m0/s1. The molecule has 4 aliphatic carbocycles. The van der Waals surface area contributed by atoms with Crippen LogP contribution in [-0.2, 0) is 9.47 Å². The summed E-state index contributed by atoms with van der Waals surface area (Å²) in [4.78, 5) is 0. The molecule has 3 heteroatoms. The molecule has 4 bridgehead atoms. The topological polar surface area (TPSA) is 27.7 Å². The van der Waals surface area contributed by atoms with Crippen LogP contribution in [0.3, 0.4) is 0 Å². The van der Waals surface area contributed by atoms with Crippen LogP contribution in [0, 0.1) is 35.5 Å². The minimum atomic E-state index is -0.276. The summed E-state index contributed by atoms with van der Waals surface area (Å²) >= 11 is 0. The molecule has 7 atom stereocenters. The number of allylic oxidation sites excluding steroid dienone is 4. The fourth-order valence-electron chi connectivity index (χ4n) is 5.60. The van der Waals surface area contributed by atoms with E-state index in [1.165, 1.54) is 25.7 Å². The molecule has 0 amide bonds. The van der Waals surface area contributed by atoms with Gasteiger partial charge < -0.3 is 14.2 Å².